The summed E-state index contributed by atoms with van der Waals surface area (Å²) in [7, 11) is 0. The van der Waals surface area contributed by atoms with Gasteiger partial charge in [0.1, 0.15) is 18.3 Å². The molecule has 0 saturated carbocycles. The third-order valence-electron chi connectivity index (χ3n) is 4.94. The molecule has 0 aliphatic carbocycles. The molecule has 0 radical (unpaired) electrons. The van der Waals surface area contributed by atoms with Gasteiger partial charge in [-0.2, -0.15) is 4.98 Å². The molecule has 0 spiro atoms. The fourth-order valence-electron chi connectivity index (χ4n) is 3.94. The van der Waals surface area contributed by atoms with Gasteiger partial charge in [0.25, 0.3) is 0 Å². The minimum atomic E-state index is -0.655. The van der Waals surface area contributed by atoms with Crippen LogP contribution in [0.25, 0.3) is 5.65 Å². The Kier molecular flexibility index (Phi) is 4.82. The van der Waals surface area contributed by atoms with E-state index in [2.05, 4.69) is 41.3 Å². The van der Waals surface area contributed by atoms with Crippen molar-refractivity contribution < 1.29 is 14.2 Å². The SMILES string of the molecule is CSc1nc(NN)c2ncc([C@@H]3O[C@H](CC(C)(C)C)[C@H]4OC(C)(C)O[C@H]43)n2n1. The van der Waals surface area contributed by atoms with E-state index in [4.69, 9.17) is 20.1 Å². The third kappa shape index (κ3) is 3.48. The number of nitrogens with one attached hydrogen (secondary N) is 1. The van der Waals surface area contributed by atoms with Gasteiger partial charge in [-0.05, 0) is 31.9 Å². The number of hydrogen-bond acceptors (Lipinski definition) is 9. The molecule has 10 heteroatoms. The number of rotatable bonds is 4. The Balaban J connectivity index is 1.76. The lowest BCUT2D eigenvalue weighted by Crippen LogP contribution is -2.32. The molecule has 28 heavy (non-hydrogen) atoms. The molecule has 9 nitrogen and oxygen atoms in total. The topological polar surface area (TPSA) is 109 Å². The van der Waals surface area contributed by atoms with Crippen molar-refractivity contribution in [3.8, 4) is 0 Å². The molecule has 2 aliphatic heterocycles. The number of ether oxygens (including phenoxy) is 3. The van der Waals surface area contributed by atoms with Crippen LogP contribution in [0.2, 0.25) is 0 Å². The lowest BCUT2D eigenvalue weighted by Gasteiger charge is -2.28. The maximum Gasteiger partial charge on any atom is 0.209 e. The fraction of sp³-hybridized carbons (Fsp3) is 0.722. The van der Waals surface area contributed by atoms with Gasteiger partial charge in [-0.1, -0.05) is 32.5 Å². The molecule has 154 valence electrons. The monoisotopic (exact) mass is 408 g/mol. The Morgan fingerprint density at radius 2 is 2.00 bits per heavy atom. The van der Waals surface area contributed by atoms with Crippen LogP contribution in [0.3, 0.4) is 0 Å². The predicted molar refractivity (Wildman–Crippen MR) is 106 cm³/mol. The van der Waals surface area contributed by atoms with E-state index in [1.165, 1.54) is 11.8 Å². The van der Waals surface area contributed by atoms with E-state index in [0.717, 1.165) is 12.1 Å². The number of nitrogens with two attached hydrogens (primary N) is 1. The molecular formula is C18H28N6O3S. The highest BCUT2D eigenvalue weighted by atomic mass is 32.2. The van der Waals surface area contributed by atoms with Crippen molar-refractivity contribution >= 4 is 23.2 Å². The van der Waals surface area contributed by atoms with Gasteiger partial charge < -0.3 is 19.6 Å². The van der Waals surface area contributed by atoms with Crippen LogP contribution in [0.5, 0.6) is 0 Å². The molecule has 4 heterocycles. The summed E-state index contributed by atoms with van der Waals surface area (Å²) < 4.78 is 20.7. The van der Waals surface area contributed by atoms with Crippen molar-refractivity contribution in [2.45, 2.75) is 76.4 Å². The maximum atomic E-state index is 6.47. The minimum absolute atomic E-state index is 0.0729. The Labute approximate surface area is 168 Å². The number of hydrogen-bond donors (Lipinski definition) is 2. The fourth-order valence-corrected chi connectivity index (χ4v) is 4.29. The molecule has 0 unspecified atom stereocenters. The third-order valence-corrected chi connectivity index (χ3v) is 5.48. The Bertz CT molecular complexity index is 880. The number of aromatic nitrogens is 4. The molecule has 2 aromatic heterocycles. The first kappa shape index (κ1) is 19.8. The van der Waals surface area contributed by atoms with Gasteiger partial charge in [0.2, 0.25) is 5.16 Å². The maximum absolute atomic E-state index is 6.47. The molecule has 3 N–H and O–H groups in total. The molecule has 0 amide bonds. The van der Waals surface area contributed by atoms with Gasteiger partial charge >= 0.3 is 0 Å². The highest BCUT2D eigenvalue weighted by molar-refractivity contribution is 7.98. The zero-order chi connectivity index (χ0) is 20.3. The minimum Gasteiger partial charge on any atom is -0.363 e. The summed E-state index contributed by atoms with van der Waals surface area (Å²) in [6.07, 6.45) is 3.74. The number of nitrogen functional groups attached to an aromatic ring is 1. The van der Waals surface area contributed by atoms with Crippen LogP contribution in [-0.2, 0) is 14.2 Å². The van der Waals surface area contributed by atoms with E-state index in [9.17, 15) is 0 Å². The van der Waals surface area contributed by atoms with E-state index in [-0.39, 0.29) is 29.8 Å². The summed E-state index contributed by atoms with van der Waals surface area (Å²) in [5.41, 5.74) is 4.06. The second kappa shape index (κ2) is 6.81. The van der Waals surface area contributed by atoms with Crippen molar-refractivity contribution in [1.82, 2.24) is 19.6 Å². The Hall–Kier alpha value is -1.46. The van der Waals surface area contributed by atoms with E-state index >= 15 is 0 Å². The van der Waals surface area contributed by atoms with Crippen molar-refractivity contribution in [3.63, 3.8) is 0 Å². The van der Waals surface area contributed by atoms with Gasteiger partial charge in [-0.25, -0.2) is 15.3 Å². The van der Waals surface area contributed by atoms with Crippen molar-refractivity contribution in [1.29, 1.82) is 0 Å². The zero-order valence-corrected chi connectivity index (χ0v) is 17.9. The van der Waals surface area contributed by atoms with Gasteiger partial charge in [0.05, 0.1) is 18.0 Å². The summed E-state index contributed by atoms with van der Waals surface area (Å²) in [5, 5.41) is 5.18. The molecule has 2 aliphatic rings. The van der Waals surface area contributed by atoms with Gasteiger partial charge in [-0.15, -0.1) is 5.10 Å². The molecule has 0 aromatic carbocycles. The first-order valence-electron chi connectivity index (χ1n) is 9.39. The number of hydrazine groups is 1. The second-order valence-electron chi connectivity index (χ2n) is 8.93. The lowest BCUT2D eigenvalue weighted by atomic mass is 9.87. The predicted octanol–water partition coefficient (Wildman–Crippen LogP) is 2.53. The van der Waals surface area contributed by atoms with E-state index in [1.807, 2.05) is 20.1 Å². The second-order valence-corrected chi connectivity index (χ2v) is 9.71. The summed E-state index contributed by atoms with van der Waals surface area (Å²) in [4.78, 5) is 8.84. The quantitative estimate of drug-likeness (QED) is 0.448. The first-order chi connectivity index (χ1) is 13.1. The molecule has 4 atom stereocenters. The highest BCUT2D eigenvalue weighted by Gasteiger charge is 2.56. The van der Waals surface area contributed by atoms with Crippen LogP contribution in [0, 0.1) is 5.41 Å². The van der Waals surface area contributed by atoms with Crippen LogP contribution in [0.15, 0.2) is 11.4 Å². The summed E-state index contributed by atoms with van der Waals surface area (Å²) in [6, 6.07) is 0. The number of thioether (sulfide) groups is 1. The standard InChI is InChI=1S/C18H28N6O3S/c1-17(2,3)7-10-12-13(27-18(4,5)26-12)11(25-10)9-8-20-15-14(22-19)21-16(28-6)23-24(9)15/h8,10-13H,7,19H2,1-6H3,(H,21,22,23)/t10-,11+,12-,13+/m1/s1. The number of nitrogens with zero attached hydrogens (tertiary/aromatic N) is 4. The number of imidazole rings is 1. The molecule has 0 bridgehead atoms. The van der Waals surface area contributed by atoms with E-state index in [0.29, 0.717) is 16.6 Å². The summed E-state index contributed by atoms with van der Waals surface area (Å²) in [6.45, 7) is 10.5. The normalized spacial score (nSPS) is 29.4. The summed E-state index contributed by atoms with van der Waals surface area (Å²) in [5.74, 6) is 5.45. The smallest absolute Gasteiger partial charge is 0.209 e. The van der Waals surface area contributed by atoms with Gasteiger partial charge in [0.15, 0.2) is 17.3 Å². The summed E-state index contributed by atoms with van der Waals surface area (Å²) >= 11 is 1.43. The van der Waals surface area contributed by atoms with Crippen LogP contribution < -0.4 is 11.3 Å². The largest absolute Gasteiger partial charge is 0.363 e. The van der Waals surface area contributed by atoms with Gasteiger partial charge in [-0.3, -0.25) is 0 Å². The van der Waals surface area contributed by atoms with E-state index < -0.39 is 5.79 Å². The van der Waals surface area contributed by atoms with Crippen molar-refractivity contribution in [3.05, 3.63) is 11.9 Å². The number of fused-ring (bicyclic) bond motifs is 2. The van der Waals surface area contributed by atoms with E-state index in [1.54, 1.807) is 10.7 Å². The molecule has 2 saturated heterocycles. The lowest BCUT2D eigenvalue weighted by molar-refractivity contribution is -0.190. The van der Waals surface area contributed by atoms with Crippen LogP contribution >= 0.6 is 11.8 Å². The van der Waals surface area contributed by atoms with Crippen molar-refractivity contribution in [2.75, 3.05) is 11.7 Å². The van der Waals surface area contributed by atoms with Crippen LogP contribution in [-0.4, -0.2) is 49.9 Å². The Morgan fingerprint density at radius 1 is 1.29 bits per heavy atom. The zero-order valence-electron chi connectivity index (χ0n) is 17.1. The first-order valence-corrected chi connectivity index (χ1v) is 10.6. The highest BCUT2D eigenvalue weighted by Crippen LogP contribution is 2.47. The molecular weight excluding hydrogens is 380 g/mol. The molecule has 2 aromatic rings. The van der Waals surface area contributed by atoms with Gasteiger partial charge in [0, 0.05) is 0 Å². The van der Waals surface area contributed by atoms with Crippen LogP contribution in [0.4, 0.5) is 5.82 Å². The van der Waals surface area contributed by atoms with Crippen LogP contribution in [0.1, 0.15) is 52.8 Å². The average Bonchev–Trinajstić information content (AvgIpc) is 3.24. The Morgan fingerprint density at radius 3 is 2.64 bits per heavy atom. The van der Waals surface area contributed by atoms with Crippen molar-refractivity contribution in [2.24, 2.45) is 11.3 Å². The number of anilines is 1. The average molecular weight is 409 g/mol. The molecule has 4 rings (SSSR count). The molecule has 2 fully saturated rings.